The van der Waals surface area contributed by atoms with Crippen LogP contribution < -0.4 is 5.32 Å². The predicted molar refractivity (Wildman–Crippen MR) is 64.5 cm³/mol. The molecule has 1 amide bonds. The van der Waals surface area contributed by atoms with E-state index in [1.807, 2.05) is 30.3 Å². The third kappa shape index (κ3) is 1.68. The van der Waals surface area contributed by atoms with E-state index in [9.17, 15) is 9.59 Å². The summed E-state index contributed by atoms with van der Waals surface area (Å²) in [6, 6.07) is 8.49. The van der Waals surface area contributed by atoms with E-state index in [4.69, 9.17) is 4.74 Å². The summed E-state index contributed by atoms with van der Waals surface area (Å²) in [5.74, 6) is 0.127. The molecule has 0 unspecified atom stereocenters. The van der Waals surface area contributed by atoms with Gasteiger partial charge in [0.15, 0.2) is 6.04 Å². The van der Waals surface area contributed by atoms with Crippen molar-refractivity contribution in [3.8, 4) is 0 Å². The summed E-state index contributed by atoms with van der Waals surface area (Å²) in [5, 5.41) is 2.81. The molecule has 18 heavy (non-hydrogen) atoms. The first-order valence-corrected chi connectivity index (χ1v) is 6.11. The lowest BCUT2D eigenvalue weighted by Crippen LogP contribution is -2.37. The fraction of sp³-hybridized carbons (Fsp3) is 0.429. The van der Waals surface area contributed by atoms with Crippen LogP contribution in [0.15, 0.2) is 30.3 Å². The molecule has 0 aliphatic heterocycles. The molecule has 2 fully saturated rings. The lowest BCUT2D eigenvalue weighted by molar-refractivity contribution is -0.145. The number of rotatable bonds is 4. The lowest BCUT2D eigenvalue weighted by atomic mass is 10.1. The summed E-state index contributed by atoms with van der Waals surface area (Å²) in [6.07, 6.45) is 1.95. The molecule has 0 radical (unpaired) electrons. The van der Waals surface area contributed by atoms with Gasteiger partial charge in [0, 0.05) is 0 Å². The van der Waals surface area contributed by atoms with Crippen molar-refractivity contribution in [2.24, 2.45) is 11.3 Å². The molecule has 1 N–H and O–H groups in total. The van der Waals surface area contributed by atoms with E-state index < -0.39 is 12.0 Å². The third-order valence-corrected chi connectivity index (χ3v) is 3.98. The summed E-state index contributed by atoms with van der Waals surface area (Å²) < 4.78 is 4.76. The number of methoxy groups -OCH3 is 1. The Kier molecular flexibility index (Phi) is 2.40. The molecule has 2 saturated carbocycles. The van der Waals surface area contributed by atoms with Crippen LogP contribution in [0.5, 0.6) is 0 Å². The van der Waals surface area contributed by atoms with Gasteiger partial charge in [-0.2, -0.15) is 0 Å². The number of nitrogens with one attached hydrogen (secondary N) is 1. The van der Waals surface area contributed by atoms with Gasteiger partial charge in [0.05, 0.1) is 12.5 Å². The number of esters is 1. The zero-order valence-electron chi connectivity index (χ0n) is 10.2. The van der Waals surface area contributed by atoms with Crippen LogP contribution in [0.25, 0.3) is 0 Å². The van der Waals surface area contributed by atoms with Crippen LogP contribution >= 0.6 is 0 Å². The molecule has 94 valence electrons. The largest absolute Gasteiger partial charge is 0.467 e. The number of hydrogen-bond acceptors (Lipinski definition) is 3. The zero-order chi connectivity index (χ0) is 12.8. The van der Waals surface area contributed by atoms with E-state index in [0.717, 1.165) is 18.4 Å². The average molecular weight is 245 g/mol. The zero-order valence-corrected chi connectivity index (χ0v) is 10.2. The monoisotopic (exact) mass is 245 g/mol. The minimum Gasteiger partial charge on any atom is -0.467 e. The Hall–Kier alpha value is -1.84. The molecule has 1 aromatic carbocycles. The number of fused-ring (bicyclic) bond motifs is 1. The lowest BCUT2D eigenvalue weighted by Gasteiger charge is -2.17. The van der Waals surface area contributed by atoms with Crippen LogP contribution in [0.2, 0.25) is 0 Å². The van der Waals surface area contributed by atoms with E-state index in [1.54, 1.807) is 0 Å². The molecule has 4 nitrogen and oxygen atoms in total. The molecule has 1 atom stereocenters. The smallest absolute Gasteiger partial charge is 0.333 e. The number of benzene rings is 1. The Balaban J connectivity index is 1.77. The number of ether oxygens (including phenoxy) is 1. The maximum atomic E-state index is 12.1. The van der Waals surface area contributed by atoms with Gasteiger partial charge < -0.3 is 10.1 Å². The summed E-state index contributed by atoms with van der Waals surface area (Å²) in [4.78, 5) is 23.8. The van der Waals surface area contributed by atoms with Crippen LogP contribution in [-0.4, -0.2) is 19.0 Å². The quantitative estimate of drug-likeness (QED) is 0.816. The molecule has 0 aromatic heterocycles. The summed E-state index contributed by atoms with van der Waals surface area (Å²) >= 11 is 0. The Bertz CT molecular complexity index is 491. The standard InChI is InChI=1S/C14H15NO3/c1-18-12(16)11(9-5-3-2-4-6-9)15-13(17)14-7-10(14)8-14/h2-6,10-11H,7-8H2,1H3,(H,15,17)/t10?,11-,14?/m0/s1. The Morgan fingerprint density at radius 3 is 2.44 bits per heavy atom. The third-order valence-electron chi connectivity index (χ3n) is 3.98. The fourth-order valence-corrected chi connectivity index (χ4v) is 2.39. The molecular weight excluding hydrogens is 230 g/mol. The highest BCUT2D eigenvalue weighted by atomic mass is 16.5. The number of carbonyl (C=O) groups is 2. The Labute approximate surface area is 105 Å². The molecule has 3 rings (SSSR count). The van der Waals surface area contributed by atoms with E-state index in [2.05, 4.69) is 5.32 Å². The molecule has 4 heteroatoms. The second-order valence-corrected chi connectivity index (χ2v) is 5.10. The molecule has 0 bridgehead atoms. The van der Waals surface area contributed by atoms with Gasteiger partial charge in [0.2, 0.25) is 5.91 Å². The highest BCUT2D eigenvalue weighted by Crippen LogP contribution is 2.75. The average Bonchev–Trinajstić information content (AvgIpc) is 3.25. The van der Waals surface area contributed by atoms with Crippen LogP contribution in [-0.2, 0) is 14.3 Å². The molecule has 0 heterocycles. The molecule has 1 aromatic rings. The minimum atomic E-state index is -0.695. The van der Waals surface area contributed by atoms with Crippen molar-refractivity contribution in [3.63, 3.8) is 0 Å². The Morgan fingerprint density at radius 1 is 1.33 bits per heavy atom. The van der Waals surface area contributed by atoms with E-state index in [0.29, 0.717) is 5.92 Å². The van der Waals surface area contributed by atoms with Gasteiger partial charge in [-0.05, 0) is 24.3 Å². The number of amides is 1. The van der Waals surface area contributed by atoms with Gasteiger partial charge in [-0.1, -0.05) is 30.3 Å². The topological polar surface area (TPSA) is 55.4 Å². The number of hydrogen-bond donors (Lipinski definition) is 1. The van der Waals surface area contributed by atoms with Crippen molar-refractivity contribution in [2.45, 2.75) is 18.9 Å². The summed E-state index contributed by atoms with van der Waals surface area (Å²) in [5.41, 5.74) is 0.619. The Morgan fingerprint density at radius 2 is 1.94 bits per heavy atom. The molecular formula is C14H15NO3. The molecule has 2 aliphatic carbocycles. The highest BCUT2D eigenvalue weighted by molar-refractivity contribution is 5.93. The molecule has 0 spiro atoms. The van der Waals surface area contributed by atoms with Crippen molar-refractivity contribution in [2.75, 3.05) is 7.11 Å². The van der Waals surface area contributed by atoms with Crippen LogP contribution in [0, 0.1) is 11.3 Å². The van der Waals surface area contributed by atoms with Crippen molar-refractivity contribution in [1.82, 2.24) is 5.32 Å². The summed E-state index contributed by atoms with van der Waals surface area (Å²) in [6.45, 7) is 0. The van der Waals surface area contributed by atoms with Gasteiger partial charge in [-0.3, -0.25) is 4.79 Å². The fourth-order valence-electron chi connectivity index (χ4n) is 2.39. The second-order valence-electron chi connectivity index (χ2n) is 5.10. The van der Waals surface area contributed by atoms with Gasteiger partial charge >= 0.3 is 5.97 Å². The first-order chi connectivity index (χ1) is 8.67. The van der Waals surface area contributed by atoms with E-state index >= 15 is 0 Å². The minimum absolute atomic E-state index is 0.00764. The highest BCUT2D eigenvalue weighted by Gasteiger charge is 2.74. The van der Waals surface area contributed by atoms with Crippen LogP contribution in [0.3, 0.4) is 0 Å². The maximum Gasteiger partial charge on any atom is 0.333 e. The first kappa shape index (κ1) is 11.3. The van der Waals surface area contributed by atoms with Gasteiger partial charge in [0.1, 0.15) is 0 Å². The second kappa shape index (κ2) is 3.83. The summed E-state index contributed by atoms with van der Waals surface area (Å²) in [7, 11) is 1.33. The van der Waals surface area contributed by atoms with Crippen molar-refractivity contribution >= 4 is 11.9 Å². The van der Waals surface area contributed by atoms with Crippen molar-refractivity contribution in [3.05, 3.63) is 35.9 Å². The van der Waals surface area contributed by atoms with E-state index in [1.165, 1.54) is 7.11 Å². The predicted octanol–water partition coefficient (Wildman–Crippen LogP) is 1.43. The molecule has 0 saturated heterocycles. The van der Waals surface area contributed by atoms with Crippen molar-refractivity contribution < 1.29 is 14.3 Å². The number of carbonyl (C=O) groups excluding carboxylic acids is 2. The first-order valence-electron chi connectivity index (χ1n) is 6.11. The van der Waals surface area contributed by atoms with Gasteiger partial charge in [-0.15, -0.1) is 0 Å². The normalized spacial score (nSPS) is 28.8. The van der Waals surface area contributed by atoms with Crippen LogP contribution in [0.4, 0.5) is 0 Å². The molecule has 2 aliphatic rings. The van der Waals surface area contributed by atoms with E-state index in [-0.39, 0.29) is 11.3 Å². The SMILES string of the molecule is COC(=O)[C@@H](NC(=O)C12CC1C2)c1ccccc1. The van der Waals surface area contributed by atoms with Gasteiger partial charge in [0.25, 0.3) is 0 Å². The maximum absolute atomic E-state index is 12.1. The van der Waals surface area contributed by atoms with Crippen LogP contribution in [0.1, 0.15) is 24.4 Å². The van der Waals surface area contributed by atoms with Gasteiger partial charge in [-0.25, -0.2) is 4.79 Å². The van der Waals surface area contributed by atoms with Crippen molar-refractivity contribution in [1.29, 1.82) is 0 Å².